The summed E-state index contributed by atoms with van der Waals surface area (Å²) >= 11 is 12.6. The lowest BCUT2D eigenvalue weighted by molar-refractivity contribution is 0.0834. The van der Waals surface area contributed by atoms with Crippen molar-refractivity contribution in [3.8, 4) is 0 Å². The van der Waals surface area contributed by atoms with Crippen LogP contribution in [0.4, 0.5) is 0 Å². The van der Waals surface area contributed by atoms with Crippen molar-refractivity contribution in [3.05, 3.63) is 117 Å². The molecule has 35 heavy (non-hydrogen) atoms. The van der Waals surface area contributed by atoms with Crippen LogP contribution in [0.3, 0.4) is 0 Å². The summed E-state index contributed by atoms with van der Waals surface area (Å²) < 4.78 is 0. The van der Waals surface area contributed by atoms with Crippen LogP contribution in [0.2, 0.25) is 10.0 Å². The van der Waals surface area contributed by atoms with Crippen molar-refractivity contribution in [2.75, 3.05) is 0 Å². The molecule has 0 aromatic heterocycles. The SMILES string of the molecule is CC(C)(C)c1cccc(CC(NC(=O)c2cccc3c(Cl)cccc23)C(O)c2cccc(Cl)c2)c1. The molecule has 0 aliphatic rings. The Balaban J connectivity index is 1.70. The Hall–Kier alpha value is -2.85. The Morgan fingerprint density at radius 2 is 1.57 bits per heavy atom. The zero-order chi connectivity index (χ0) is 25.2. The largest absolute Gasteiger partial charge is 0.386 e. The molecular weight excluding hydrogens is 477 g/mol. The van der Waals surface area contributed by atoms with Crippen LogP contribution >= 0.6 is 23.2 Å². The van der Waals surface area contributed by atoms with Crippen molar-refractivity contribution in [2.24, 2.45) is 0 Å². The molecule has 0 aliphatic carbocycles. The molecule has 2 unspecified atom stereocenters. The highest BCUT2D eigenvalue weighted by molar-refractivity contribution is 6.36. The first-order chi connectivity index (χ1) is 16.6. The number of fused-ring (bicyclic) bond motifs is 1. The number of aliphatic hydroxyl groups is 1. The molecule has 0 spiro atoms. The number of nitrogens with one attached hydrogen (secondary N) is 1. The van der Waals surface area contributed by atoms with Crippen molar-refractivity contribution >= 4 is 39.9 Å². The van der Waals surface area contributed by atoms with E-state index in [-0.39, 0.29) is 11.3 Å². The summed E-state index contributed by atoms with van der Waals surface area (Å²) in [7, 11) is 0. The normalized spacial score (nSPS) is 13.4. The van der Waals surface area contributed by atoms with Gasteiger partial charge in [0.15, 0.2) is 0 Å². The summed E-state index contributed by atoms with van der Waals surface area (Å²) in [5.41, 5.74) is 3.38. The monoisotopic (exact) mass is 505 g/mol. The number of carbonyl (C=O) groups is 1. The molecule has 0 saturated carbocycles. The predicted molar refractivity (Wildman–Crippen MR) is 145 cm³/mol. The number of amides is 1. The zero-order valence-electron chi connectivity index (χ0n) is 20.1. The van der Waals surface area contributed by atoms with E-state index in [0.717, 1.165) is 16.3 Å². The van der Waals surface area contributed by atoms with Crippen LogP contribution < -0.4 is 5.32 Å². The van der Waals surface area contributed by atoms with Gasteiger partial charge in [-0.25, -0.2) is 0 Å². The molecule has 1 amide bonds. The maximum atomic E-state index is 13.5. The molecule has 4 aromatic carbocycles. The van der Waals surface area contributed by atoms with Crippen LogP contribution in [-0.4, -0.2) is 17.1 Å². The molecule has 0 saturated heterocycles. The lowest BCUT2D eigenvalue weighted by atomic mass is 9.85. The van der Waals surface area contributed by atoms with Crippen LogP contribution in [0.25, 0.3) is 10.8 Å². The van der Waals surface area contributed by atoms with Crippen LogP contribution in [-0.2, 0) is 11.8 Å². The summed E-state index contributed by atoms with van der Waals surface area (Å²) in [6, 6.07) is 25.8. The van der Waals surface area contributed by atoms with Gasteiger partial charge in [0.25, 0.3) is 5.91 Å². The van der Waals surface area contributed by atoms with Gasteiger partial charge in [-0.2, -0.15) is 0 Å². The Morgan fingerprint density at radius 3 is 2.31 bits per heavy atom. The van der Waals surface area contributed by atoms with Gasteiger partial charge in [0.1, 0.15) is 0 Å². The van der Waals surface area contributed by atoms with Crippen molar-refractivity contribution in [3.63, 3.8) is 0 Å². The molecule has 4 rings (SSSR count). The molecule has 0 fully saturated rings. The number of carbonyl (C=O) groups excluding carboxylic acids is 1. The first-order valence-electron chi connectivity index (χ1n) is 11.6. The van der Waals surface area contributed by atoms with Crippen LogP contribution in [0, 0.1) is 0 Å². The molecule has 5 heteroatoms. The number of hydrogen-bond donors (Lipinski definition) is 2. The molecular formula is C30H29Cl2NO2. The first kappa shape index (κ1) is 25.2. The third-order valence-corrected chi connectivity index (χ3v) is 6.81. The number of rotatable bonds is 6. The van der Waals surface area contributed by atoms with Gasteiger partial charge in [0, 0.05) is 21.0 Å². The van der Waals surface area contributed by atoms with E-state index in [0.29, 0.717) is 27.6 Å². The third kappa shape index (κ3) is 5.87. The van der Waals surface area contributed by atoms with Gasteiger partial charge in [-0.1, -0.05) is 105 Å². The maximum Gasteiger partial charge on any atom is 0.252 e. The summed E-state index contributed by atoms with van der Waals surface area (Å²) in [6.45, 7) is 6.49. The maximum absolute atomic E-state index is 13.5. The van der Waals surface area contributed by atoms with E-state index in [9.17, 15) is 9.90 Å². The lowest BCUT2D eigenvalue weighted by Gasteiger charge is -2.26. The highest BCUT2D eigenvalue weighted by Crippen LogP contribution is 2.28. The van der Waals surface area contributed by atoms with E-state index in [4.69, 9.17) is 23.2 Å². The van der Waals surface area contributed by atoms with Gasteiger partial charge >= 0.3 is 0 Å². The minimum atomic E-state index is -0.950. The van der Waals surface area contributed by atoms with Crippen molar-refractivity contribution in [1.82, 2.24) is 5.32 Å². The van der Waals surface area contributed by atoms with Gasteiger partial charge in [0.2, 0.25) is 0 Å². The van der Waals surface area contributed by atoms with E-state index in [2.05, 4.69) is 38.2 Å². The summed E-state index contributed by atoms with van der Waals surface area (Å²) in [5.74, 6) is -0.268. The molecule has 180 valence electrons. The van der Waals surface area contributed by atoms with Crippen molar-refractivity contribution in [2.45, 2.75) is 44.8 Å². The summed E-state index contributed by atoms with van der Waals surface area (Å²) in [6.07, 6.45) is -0.496. The predicted octanol–water partition coefficient (Wildman–Crippen LogP) is 7.52. The van der Waals surface area contributed by atoms with E-state index in [1.807, 2.05) is 42.5 Å². The summed E-state index contributed by atoms with van der Waals surface area (Å²) in [5, 5.41) is 17.1. The fourth-order valence-corrected chi connectivity index (χ4v) is 4.74. The number of benzene rings is 4. The van der Waals surface area contributed by atoms with Crippen LogP contribution in [0.15, 0.2) is 84.9 Å². The second kappa shape index (κ2) is 10.4. The second-order valence-electron chi connectivity index (χ2n) is 9.87. The van der Waals surface area contributed by atoms with Gasteiger partial charge < -0.3 is 10.4 Å². The molecule has 0 radical (unpaired) electrons. The highest BCUT2D eigenvalue weighted by Gasteiger charge is 2.25. The number of aliphatic hydroxyl groups excluding tert-OH is 1. The Kier molecular flexibility index (Phi) is 7.51. The molecule has 4 aromatic rings. The van der Waals surface area contributed by atoms with Crippen LogP contribution in [0.5, 0.6) is 0 Å². The van der Waals surface area contributed by atoms with Crippen molar-refractivity contribution < 1.29 is 9.90 Å². The smallest absolute Gasteiger partial charge is 0.252 e. The third-order valence-electron chi connectivity index (χ3n) is 6.25. The van der Waals surface area contributed by atoms with Gasteiger partial charge in [-0.3, -0.25) is 4.79 Å². The minimum absolute atomic E-state index is 0.0114. The fraction of sp³-hybridized carbons (Fsp3) is 0.233. The van der Waals surface area contributed by atoms with Gasteiger partial charge in [0.05, 0.1) is 12.1 Å². The first-order valence-corrected chi connectivity index (χ1v) is 12.4. The second-order valence-corrected chi connectivity index (χ2v) is 10.7. The molecule has 0 heterocycles. The standard InChI is InChI=1S/C30H29Cl2NO2/c1-30(2,3)21-10-4-8-19(16-21)17-27(28(34)20-9-5-11-22(31)18-20)33-29(35)25-14-6-13-24-23(25)12-7-15-26(24)32/h4-16,18,27-28,34H,17H2,1-3H3,(H,33,35). The van der Waals surface area contributed by atoms with Crippen LogP contribution in [0.1, 0.15) is 53.9 Å². The molecule has 2 atom stereocenters. The Bertz CT molecular complexity index is 1360. The Morgan fingerprint density at radius 1 is 0.886 bits per heavy atom. The van der Waals surface area contributed by atoms with E-state index in [1.54, 1.807) is 30.3 Å². The van der Waals surface area contributed by atoms with Gasteiger partial charge in [-0.15, -0.1) is 0 Å². The molecule has 0 aliphatic heterocycles. The molecule has 2 N–H and O–H groups in total. The molecule has 0 bridgehead atoms. The number of hydrogen-bond acceptors (Lipinski definition) is 2. The lowest BCUT2D eigenvalue weighted by Crippen LogP contribution is -2.41. The van der Waals surface area contributed by atoms with Crippen molar-refractivity contribution in [1.29, 1.82) is 0 Å². The fourth-order valence-electron chi connectivity index (χ4n) is 4.30. The topological polar surface area (TPSA) is 49.3 Å². The van der Waals surface area contributed by atoms with E-state index >= 15 is 0 Å². The average molecular weight is 506 g/mol. The van der Waals surface area contributed by atoms with Gasteiger partial charge in [-0.05, 0) is 58.2 Å². The number of halogens is 2. The van der Waals surface area contributed by atoms with E-state index < -0.39 is 12.1 Å². The summed E-state index contributed by atoms with van der Waals surface area (Å²) in [4.78, 5) is 13.5. The zero-order valence-corrected chi connectivity index (χ0v) is 21.6. The quantitative estimate of drug-likeness (QED) is 0.284. The highest BCUT2D eigenvalue weighted by atomic mass is 35.5. The molecule has 3 nitrogen and oxygen atoms in total. The minimum Gasteiger partial charge on any atom is -0.386 e. The average Bonchev–Trinajstić information content (AvgIpc) is 2.83. The van der Waals surface area contributed by atoms with E-state index in [1.165, 1.54) is 5.56 Å². The Labute approximate surface area is 216 Å².